The summed E-state index contributed by atoms with van der Waals surface area (Å²) in [6.07, 6.45) is 3.46. The molecule has 5 heteroatoms. The topological polar surface area (TPSA) is 61.4 Å². The van der Waals surface area contributed by atoms with Crippen molar-refractivity contribution in [2.75, 3.05) is 24.5 Å². The van der Waals surface area contributed by atoms with Crippen LogP contribution in [0.1, 0.15) is 63.7 Å². The minimum atomic E-state index is -0.00161. The summed E-state index contributed by atoms with van der Waals surface area (Å²) in [6.45, 7) is 10.8. The van der Waals surface area contributed by atoms with E-state index < -0.39 is 0 Å². The number of amides is 2. The predicted molar refractivity (Wildman–Crippen MR) is 111 cm³/mol. The number of para-hydroxylation sites is 1. The molecule has 1 fully saturated rings. The summed E-state index contributed by atoms with van der Waals surface area (Å²) in [4.78, 5) is 26.9. The molecule has 150 valence electrons. The fraction of sp³-hybridized carbons (Fsp3) is 0.636. The third kappa shape index (κ3) is 6.56. The van der Waals surface area contributed by atoms with E-state index in [0.717, 1.165) is 43.6 Å². The molecular formula is C22H35N3O2. The smallest absolute Gasteiger partial charge is 0.253 e. The highest BCUT2D eigenvalue weighted by molar-refractivity contribution is 5.99. The van der Waals surface area contributed by atoms with Crippen LogP contribution in [-0.2, 0) is 4.79 Å². The lowest BCUT2D eigenvalue weighted by Gasteiger charge is -2.35. The highest BCUT2D eigenvalue weighted by Crippen LogP contribution is 2.24. The summed E-state index contributed by atoms with van der Waals surface area (Å²) in [7, 11) is 0. The molecule has 2 rings (SSSR count). The van der Waals surface area contributed by atoms with E-state index in [1.54, 1.807) is 0 Å². The Hall–Kier alpha value is -2.04. The van der Waals surface area contributed by atoms with Gasteiger partial charge in [0.25, 0.3) is 5.91 Å². The molecule has 0 radical (unpaired) electrons. The Kier molecular flexibility index (Phi) is 8.14. The molecule has 2 amide bonds. The van der Waals surface area contributed by atoms with Crippen LogP contribution in [0, 0.1) is 11.8 Å². The Labute approximate surface area is 163 Å². The second kappa shape index (κ2) is 10.3. The van der Waals surface area contributed by atoms with Gasteiger partial charge >= 0.3 is 0 Å². The van der Waals surface area contributed by atoms with E-state index in [9.17, 15) is 9.59 Å². The van der Waals surface area contributed by atoms with Crippen molar-refractivity contribution in [2.24, 2.45) is 11.8 Å². The van der Waals surface area contributed by atoms with Crippen LogP contribution in [0.3, 0.4) is 0 Å². The summed E-state index contributed by atoms with van der Waals surface area (Å²) in [6, 6.07) is 8.06. The third-order valence-electron chi connectivity index (χ3n) is 5.25. The maximum absolute atomic E-state index is 12.6. The number of piperidine rings is 1. The van der Waals surface area contributed by atoms with Crippen molar-refractivity contribution in [3.63, 3.8) is 0 Å². The Morgan fingerprint density at radius 3 is 2.44 bits per heavy atom. The van der Waals surface area contributed by atoms with Crippen LogP contribution < -0.4 is 15.5 Å². The molecule has 1 saturated heterocycles. The van der Waals surface area contributed by atoms with Crippen LogP contribution in [0.25, 0.3) is 0 Å². The number of benzene rings is 1. The fourth-order valence-corrected chi connectivity index (χ4v) is 3.37. The number of nitrogens with one attached hydrogen (secondary N) is 2. The fourth-order valence-electron chi connectivity index (χ4n) is 3.37. The van der Waals surface area contributed by atoms with Crippen LogP contribution in [0.4, 0.5) is 5.69 Å². The number of hydrogen-bond acceptors (Lipinski definition) is 3. The second-order valence-electron chi connectivity index (χ2n) is 8.17. The molecule has 0 aromatic heterocycles. The predicted octanol–water partition coefficient (Wildman–Crippen LogP) is 3.59. The molecule has 1 aromatic rings. The van der Waals surface area contributed by atoms with Gasteiger partial charge in [0.15, 0.2) is 0 Å². The van der Waals surface area contributed by atoms with E-state index in [4.69, 9.17) is 0 Å². The van der Waals surface area contributed by atoms with Crippen molar-refractivity contribution in [3.05, 3.63) is 29.8 Å². The molecule has 1 atom stereocenters. The number of anilines is 1. The maximum atomic E-state index is 12.6. The van der Waals surface area contributed by atoms with Gasteiger partial charge in [-0.25, -0.2) is 0 Å². The molecule has 2 N–H and O–H groups in total. The Bertz CT molecular complexity index is 622. The van der Waals surface area contributed by atoms with Crippen LogP contribution in [-0.4, -0.2) is 37.5 Å². The molecule has 0 saturated carbocycles. The van der Waals surface area contributed by atoms with Crippen LogP contribution in [0.2, 0.25) is 0 Å². The molecule has 1 aromatic carbocycles. The molecule has 1 aliphatic rings. The van der Waals surface area contributed by atoms with Gasteiger partial charge in [0.05, 0.1) is 5.56 Å². The molecule has 0 bridgehead atoms. The Balaban J connectivity index is 1.94. The lowest BCUT2D eigenvalue weighted by molar-refractivity contribution is -0.122. The first-order chi connectivity index (χ1) is 12.9. The van der Waals surface area contributed by atoms with Gasteiger partial charge in [-0.2, -0.15) is 0 Å². The van der Waals surface area contributed by atoms with Crippen LogP contribution in [0.5, 0.6) is 0 Å². The summed E-state index contributed by atoms with van der Waals surface area (Å²) < 4.78 is 0. The van der Waals surface area contributed by atoms with E-state index in [1.807, 2.05) is 24.3 Å². The number of hydrogen-bond donors (Lipinski definition) is 2. The van der Waals surface area contributed by atoms with Gasteiger partial charge in [-0.15, -0.1) is 0 Å². The average Bonchev–Trinajstić information content (AvgIpc) is 2.65. The molecular weight excluding hydrogens is 338 g/mol. The van der Waals surface area contributed by atoms with E-state index >= 15 is 0 Å². The van der Waals surface area contributed by atoms with Gasteiger partial charge in [0.2, 0.25) is 5.91 Å². The van der Waals surface area contributed by atoms with Gasteiger partial charge < -0.3 is 15.5 Å². The summed E-state index contributed by atoms with van der Waals surface area (Å²) >= 11 is 0. The number of carbonyl (C=O) groups excluding carboxylic acids is 2. The van der Waals surface area contributed by atoms with E-state index in [0.29, 0.717) is 24.8 Å². The standard InChI is InChI=1S/C22H35N3O2/c1-5-17(4)15-23-22(27)19-8-6-7-9-20(19)25-12-10-18(11-13-25)24-21(26)14-16(2)3/h6-9,16-18H,5,10-15H2,1-4H3,(H,23,27)(H,24,26)/t17-/m0/s1. The van der Waals surface area contributed by atoms with Gasteiger partial charge in [-0.05, 0) is 36.8 Å². The van der Waals surface area contributed by atoms with Gasteiger partial charge in [0.1, 0.15) is 0 Å². The van der Waals surface area contributed by atoms with Crippen molar-refractivity contribution in [3.8, 4) is 0 Å². The first-order valence-corrected chi connectivity index (χ1v) is 10.3. The molecule has 0 spiro atoms. The van der Waals surface area contributed by atoms with Gasteiger partial charge in [-0.3, -0.25) is 9.59 Å². The van der Waals surface area contributed by atoms with Crippen molar-refractivity contribution in [2.45, 2.75) is 59.4 Å². The van der Waals surface area contributed by atoms with E-state index in [2.05, 4.69) is 43.2 Å². The lowest BCUT2D eigenvalue weighted by Crippen LogP contribution is -2.45. The molecule has 0 aliphatic carbocycles. The summed E-state index contributed by atoms with van der Waals surface area (Å²) in [5, 5.41) is 6.21. The first kappa shape index (κ1) is 21.3. The van der Waals surface area contributed by atoms with Gasteiger partial charge in [0, 0.05) is 37.8 Å². The van der Waals surface area contributed by atoms with Gasteiger partial charge in [-0.1, -0.05) is 46.2 Å². The summed E-state index contributed by atoms with van der Waals surface area (Å²) in [5.74, 6) is 1.00. The molecule has 0 unspecified atom stereocenters. The zero-order valence-corrected chi connectivity index (χ0v) is 17.3. The highest BCUT2D eigenvalue weighted by Gasteiger charge is 2.24. The monoisotopic (exact) mass is 373 g/mol. The minimum absolute atomic E-state index is 0.00161. The van der Waals surface area contributed by atoms with Crippen molar-refractivity contribution >= 4 is 17.5 Å². The SMILES string of the molecule is CC[C@H](C)CNC(=O)c1ccccc1N1CCC(NC(=O)CC(C)C)CC1. The van der Waals surface area contributed by atoms with E-state index in [-0.39, 0.29) is 17.9 Å². The number of rotatable bonds is 8. The average molecular weight is 374 g/mol. The zero-order chi connectivity index (χ0) is 19.8. The van der Waals surface area contributed by atoms with Crippen molar-refractivity contribution < 1.29 is 9.59 Å². The highest BCUT2D eigenvalue weighted by atomic mass is 16.2. The summed E-state index contributed by atoms with van der Waals surface area (Å²) in [5.41, 5.74) is 1.73. The number of nitrogens with zero attached hydrogens (tertiary/aromatic N) is 1. The largest absolute Gasteiger partial charge is 0.371 e. The van der Waals surface area contributed by atoms with Crippen molar-refractivity contribution in [1.82, 2.24) is 10.6 Å². The Morgan fingerprint density at radius 1 is 1.15 bits per heavy atom. The quantitative estimate of drug-likeness (QED) is 0.732. The minimum Gasteiger partial charge on any atom is -0.371 e. The van der Waals surface area contributed by atoms with E-state index in [1.165, 1.54) is 0 Å². The molecule has 5 nitrogen and oxygen atoms in total. The lowest BCUT2D eigenvalue weighted by atomic mass is 10.0. The Morgan fingerprint density at radius 2 is 1.81 bits per heavy atom. The number of carbonyl (C=O) groups is 2. The maximum Gasteiger partial charge on any atom is 0.253 e. The first-order valence-electron chi connectivity index (χ1n) is 10.3. The second-order valence-corrected chi connectivity index (χ2v) is 8.17. The zero-order valence-electron chi connectivity index (χ0n) is 17.3. The van der Waals surface area contributed by atoms with Crippen LogP contribution >= 0.6 is 0 Å². The molecule has 27 heavy (non-hydrogen) atoms. The third-order valence-corrected chi connectivity index (χ3v) is 5.25. The molecule has 1 heterocycles. The van der Waals surface area contributed by atoms with Crippen LogP contribution in [0.15, 0.2) is 24.3 Å². The molecule has 1 aliphatic heterocycles. The normalized spacial score (nSPS) is 16.3. The van der Waals surface area contributed by atoms with Crippen molar-refractivity contribution in [1.29, 1.82) is 0 Å².